The van der Waals surface area contributed by atoms with Crippen molar-refractivity contribution in [2.24, 2.45) is 5.73 Å². The Balaban J connectivity index is 2.75. The third kappa shape index (κ3) is 1.54. The van der Waals surface area contributed by atoms with Crippen LogP contribution in [0.4, 0.5) is 0 Å². The zero-order valence-corrected chi connectivity index (χ0v) is 9.27. The van der Waals surface area contributed by atoms with E-state index in [0.717, 1.165) is 0 Å². The number of imidazole rings is 1. The molecule has 0 amide bonds. The molecule has 2 heterocycles. The molecule has 0 saturated heterocycles. The van der Waals surface area contributed by atoms with E-state index in [1.54, 1.807) is 29.5 Å². The van der Waals surface area contributed by atoms with Gasteiger partial charge in [0, 0.05) is 0 Å². The van der Waals surface area contributed by atoms with Gasteiger partial charge in [0.2, 0.25) is 0 Å². The van der Waals surface area contributed by atoms with E-state index in [9.17, 15) is 4.79 Å². The Bertz CT molecular complexity index is 564. The molecule has 84 valence electrons. The number of pyridine rings is 1. The zero-order chi connectivity index (χ0) is 11.9. The van der Waals surface area contributed by atoms with E-state index in [2.05, 4.69) is 4.98 Å². The molecular weight excluding hydrogens is 230 g/mol. The van der Waals surface area contributed by atoms with Crippen LogP contribution in [-0.2, 0) is 4.79 Å². The van der Waals surface area contributed by atoms with Crippen LogP contribution in [0.5, 0.6) is 0 Å². The van der Waals surface area contributed by atoms with Gasteiger partial charge in [-0.15, -0.1) is 0 Å². The van der Waals surface area contributed by atoms with E-state index in [1.807, 2.05) is 0 Å². The lowest BCUT2D eigenvalue weighted by Crippen LogP contribution is -2.23. The minimum absolute atomic E-state index is 0.344. The van der Waals surface area contributed by atoms with E-state index < -0.39 is 12.0 Å². The number of nitrogens with zero attached hydrogens (tertiary/aromatic N) is 2. The highest BCUT2D eigenvalue weighted by Gasteiger charge is 2.19. The molecule has 3 N–H and O–H groups in total. The highest BCUT2D eigenvalue weighted by atomic mass is 35.5. The lowest BCUT2D eigenvalue weighted by Gasteiger charge is -2.10. The molecule has 6 heteroatoms. The molecule has 0 saturated carbocycles. The number of nitrogens with two attached hydrogens (primary N) is 1. The van der Waals surface area contributed by atoms with Crippen LogP contribution in [0.1, 0.15) is 17.6 Å². The van der Waals surface area contributed by atoms with Crippen molar-refractivity contribution in [1.29, 1.82) is 0 Å². The summed E-state index contributed by atoms with van der Waals surface area (Å²) in [6.07, 6.45) is 0. The van der Waals surface area contributed by atoms with Crippen molar-refractivity contribution in [3.05, 3.63) is 34.9 Å². The summed E-state index contributed by atoms with van der Waals surface area (Å²) in [5, 5.41) is 9.25. The fourth-order valence-electron chi connectivity index (χ4n) is 1.67. The molecule has 0 aliphatic carbocycles. The molecule has 2 aromatic rings. The van der Waals surface area contributed by atoms with Crippen LogP contribution in [0.3, 0.4) is 0 Å². The maximum atomic E-state index is 10.9. The molecule has 5 nitrogen and oxygen atoms in total. The van der Waals surface area contributed by atoms with Gasteiger partial charge >= 0.3 is 5.97 Å². The highest BCUT2D eigenvalue weighted by molar-refractivity contribution is 6.32. The number of aryl methyl sites for hydroxylation is 1. The van der Waals surface area contributed by atoms with Crippen molar-refractivity contribution < 1.29 is 9.90 Å². The maximum Gasteiger partial charge on any atom is 0.326 e. The van der Waals surface area contributed by atoms with Crippen LogP contribution in [-0.4, -0.2) is 20.5 Å². The number of carbonyl (C=O) groups is 1. The SMILES string of the molecule is Cc1nc(Cl)c2cccc(C(N)C(=O)O)n12. The minimum atomic E-state index is -1.09. The van der Waals surface area contributed by atoms with Gasteiger partial charge in [0.15, 0.2) is 5.15 Å². The number of carboxylic acids is 1. The van der Waals surface area contributed by atoms with E-state index in [-0.39, 0.29) is 0 Å². The Hall–Kier alpha value is -1.59. The standard InChI is InChI=1S/C10H10ClN3O2/c1-5-13-9(11)7-4-2-3-6(14(5)7)8(12)10(15)16/h2-4,8H,12H2,1H3,(H,15,16). The Labute approximate surface area is 96.5 Å². The number of fused-ring (bicyclic) bond motifs is 1. The van der Waals surface area contributed by atoms with Crippen molar-refractivity contribution in [3.63, 3.8) is 0 Å². The van der Waals surface area contributed by atoms with Gasteiger partial charge in [0.25, 0.3) is 0 Å². The number of carboxylic acid groups (broad SMARTS) is 1. The van der Waals surface area contributed by atoms with Crippen LogP contribution in [0.15, 0.2) is 18.2 Å². The van der Waals surface area contributed by atoms with Crippen molar-refractivity contribution >= 4 is 23.1 Å². The molecule has 16 heavy (non-hydrogen) atoms. The van der Waals surface area contributed by atoms with Gasteiger partial charge in [-0.1, -0.05) is 17.7 Å². The molecule has 0 radical (unpaired) electrons. The Morgan fingerprint density at radius 2 is 2.31 bits per heavy atom. The molecule has 0 aliphatic heterocycles. The second-order valence-electron chi connectivity index (χ2n) is 3.44. The second-order valence-corrected chi connectivity index (χ2v) is 3.80. The largest absolute Gasteiger partial charge is 0.480 e. The molecule has 1 atom stereocenters. The molecule has 0 fully saturated rings. The summed E-state index contributed by atoms with van der Waals surface area (Å²) in [6.45, 7) is 1.75. The summed E-state index contributed by atoms with van der Waals surface area (Å²) in [6, 6.07) is 4.03. The maximum absolute atomic E-state index is 10.9. The number of aliphatic carboxylic acids is 1. The summed E-state index contributed by atoms with van der Waals surface area (Å²) in [4.78, 5) is 14.9. The average molecular weight is 240 g/mol. The van der Waals surface area contributed by atoms with E-state index >= 15 is 0 Å². The predicted molar refractivity (Wildman–Crippen MR) is 59.5 cm³/mol. The predicted octanol–water partition coefficient (Wildman–Crippen LogP) is 1.38. The quantitative estimate of drug-likeness (QED) is 0.830. The average Bonchev–Trinajstić information content (AvgIpc) is 2.54. The lowest BCUT2D eigenvalue weighted by atomic mass is 10.2. The molecule has 1 unspecified atom stereocenters. The van der Waals surface area contributed by atoms with E-state index in [0.29, 0.717) is 22.2 Å². The first-order valence-electron chi connectivity index (χ1n) is 4.64. The normalized spacial score (nSPS) is 12.9. The third-order valence-corrected chi connectivity index (χ3v) is 2.68. The monoisotopic (exact) mass is 239 g/mol. The van der Waals surface area contributed by atoms with Gasteiger partial charge < -0.3 is 10.8 Å². The Morgan fingerprint density at radius 1 is 1.62 bits per heavy atom. The summed E-state index contributed by atoms with van der Waals surface area (Å²) in [5.41, 5.74) is 6.71. The number of rotatable bonds is 2. The zero-order valence-electron chi connectivity index (χ0n) is 8.51. The number of hydrogen-bond acceptors (Lipinski definition) is 3. The summed E-state index contributed by atoms with van der Waals surface area (Å²) in [5.74, 6) is -0.468. The lowest BCUT2D eigenvalue weighted by molar-refractivity contribution is -0.138. The number of hydrogen-bond donors (Lipinski definition) is 2. The van der Waals surface area contributed by atoms with Crippen molar-refractivity contribution in [3.8, 4) is 0 Å². The first-order valence-corrected chi connectivity index (χ1v) is 5.02. The van der Waals surface area contributed by atoms with Crippen molar-refractivity contribution in [1.82, 2.24) is 9.38 Å². The van der Waals surface area contributed by atoms with E-state index in [4.69, 9.17) is 22.4 Å². The fourth-order valence-corrected chi connectivity index (χ4v) is 1.94. The van der Waals surface area contributed by atoms with Crippen LogP contribution in [0.2, 0.25) is 5.15 Å². The fraction of sp³-hybridized carbons (Fsp3) is 0.200. The Morgan fingerprint density at radius 3 is 2.94 bits per heavy atom. The van der Waals surface area contributed by atoms with Crippen LogP contribution < -0.4 is 5.73 Å². The molecule has 0 aliphatic rings. The van der Waals surface area contributed by atoms with Crippen LogP contribution in [0.25, 0.3) is 5.52 Å². The topological polar surface area (TPSA) is 80.6 Å². The highest BCUT2D eigenvalue weighted by Crippen LogP contribution is 2.22. The third-order valence-electron chi connectivity index (χ3n) is 2.40. The first-order chi connectivity index (χ1) is 7.52. The molecule has 0 bridgehead atoms. The smallest absolute Gasteiger partial charge is 0.326 e. The summed E-state index contributed by atoms with van der Waals surface area (Å²) >= 11 is 5.91. The number of aromatic nitrogens is 2. The molecule has 0 aromatic carbocycles. The van der Waals surface area contributed by atoms with Gasteiger partial charge in [-0.25, -0.2) is 4.98 Å². The van der Waals surface area contributed by atoms with Gasteiger partial charge in [-0.05, 0) is 19.1 Å². The van der Waals surface area contributed by atoms with Gasteiger partial charge in [-0.3, -0.25) is 9.20 Å². The molecule has 2 aromatic heterocycles. The summed E-state index contributed by atoms with van der Waals surface area (Å²) in [7, 11) is 0. The van der Waals surface area contributed by atoms with Crippen molar-refractivity contribution in [2.45, 2.75) is 13.0 Å². The molecule has 0 spiro atoms. The van der Waals surface area contributed by atoms with Gasteiger partial charge in [0.05, 0.1) is 11.2 Å². The first kappa shape index (κ1) is 10.9. The molecule has 2 rings (SSSR count). The van der Waals surface area contributed by atoms with Crippen LogP contribution in [0, 0.1) is 6.92 Å². The molecular formula is C10H10ClN3O2. The van der Waals surface area contributed by atoms with Gasteiger partial charge in [-0.2, -0.15) is 0 Å². The van der Waals surface area contributed by atoms with Crippen LogP contribution >= 0.6 is 11.6 Å². The van der Waals surface area contributed by atoms with Crippen molar-refractivity contribution in [2.75, 3.05) is 0 Å². The summed E-state index contributed by atoms with van der Waals surface area (Å²) < 4.78 is 1.65. The van der Waals surface area contributed by atoms with E-state index in [1.165, 1.54) is 0 Å². The number of halogens is 1. The van der Waals surface area contributed by atoms with Gasteiger partial charge in [0.1, 0.15) is 11.9 Å². The minimum Gasteiger partial charge on any atom is -0.480 e. The second kappa shape index (κ2) is 3.77. The Kier molecular flexibility index (Phi) is 2.57.